The Morgan fingerprint density at radius 3 is 2.56 bits per heavy atom. The molecule has 1 heterocycles. The summed E-state index contributed by atoms with van der Waals surface area (Å²) in [7, 11) is 1.65. The highest BCUT2D eigenvalue weighted by Crippen LogP contribution is 2.27. The van der Waals surface area contributed by atoms with Crippen molar-refractivity contribution < 1.29 is 4.74 Å². The molecule has 0 fully saturated rings. The molecule has 0 bridgehead atoms. The summed E-state index contributed by atoms with van der Waals surface area (Å²) in [5.41, 5.74) is 4.01. The van der Waals surface area contributed by atoms with E-state index in [2.05, 4.69) is 35.3 Å². The van der Waals surface area contributed by atoms with E-state index in [1.54, 1.807) is 18.9 Å². The lowest BCUT2D eigenvalue weighted by Gasteiger charge is -2.12. The molecule has 0 amide bonds. The number of hydrogen-bond acceptors (Lipinski definition) is 5. The third kappa shape index (κ3) is 3.90. The van der Waals surface area contributed by atoms with E-state index in [9.17, 15) is 0 Å². The van der Waals surface area contributed by atoms with Crippen LogP contribution < -0.4 is 0 Å². The highest BCUT2D eigenvalue weighted by Gasteiger charge is 2.15. The smallest absolute Gasteiger partial charge is 0.196 e. The van der Waals surface area contributed by atoms with E-state index in [0.29, 0.717) is 12.2 Å². The van der Waals surface area contributed by atoms with Crippen molar-refractivity contribution in [3.8, 4) is 11.8 Å². The van der Waals surface area contributed by atoms with E-state index in [4.69, 9.17) is 10.00 Å². The van der Waals surface area contributed by atoms with Gasteiger partial charge in [-0.2, -0.15) is 5.26 Å². The van der Waals surface area contributed by atoms with E-state index in [1.165, 1.54) is 0 Å². The summed E-state index contributed by atoms with van der Waals surface area (Å²) in [5.74, 6) is 1.53. The van der Waals surface area contributed by atoms with E-state index < -0.39 is 0 Å². The normalized spacial score (nSPS) is 10.6. The number of hydrogen-bond donors (Lipinski definition) is 0. The molecule has 0 saturated carbocycles. The van der Waals surface area contributed by atoms with Crippen LogP contribution in [0.15, 0.2) is 53.7 Å². The second-order valence-corrected chi connectivity index (χ2v) is 6.49. The van der Waals surface area contributed by atoms with Crippen LogP contribution in [0.1, 0.15) is 22.5 Å². The molecular formula is C19H18N4OS. The number of aryl methyl sites for hydroxylation is 1. The second kappa shape index (κ2) is 7.97. The Morgan fingerprint density at radius 1 is 1.12 bits per heavy atom. The van der Waals surface area contributed by atoms with Gasteiger partial charge in [0.15, 0.2) is 11.0 Å². The first-order valence-corrected chi connectivity index (χ1v) is 8.82. The highest BCUT2D eigenvalue weighted by atomic mass is 32.2. The minimum absolute atomic E-state index is 0.402. The first-order chi connectivity index (χ1) is 12.2. The fourth-order valence-corrected chi connectivity index (χ4v) is 3.42. The summed E-state index contributed by atoms with van der Waals surface area (Å²) >= 11 is 1.61. The van der Waals surface area contributed by atoms with Gasteiger partial charge in [0.05, 0.1) is 17.3 Å². The van der Waals surface area contributed by atoms with Crippen molar-refractivity contribution in [1.82, 2.24) is 14.8 Å². The topological polar surface area (TPSA) is 63.7 Å². The first-order valence-electron chi connectivity index (χ1n) is 7.84. The predicted molar refractivity (Wildman–Crippen MR) is 97.5 cm³/mol. The van der Waals surface area contributed by atoms with Crippen molar-refractivity contribution in [2.45, 2.75) is 24.4 Å². The van der Waals surface area contributed by atoms with Gasteiger partial charge in [-0.15, -0.1) is 10.2 Å². The van der Waals surface area contributed by atoms with Crippen LogP contribution in [0.25, 0.3) is 5.69 Å². The molecule has 0 aliphatic carbocycles. The summed E-state index contributed by atoms with van der Waals surface area (Å²) in [5, 5.41) is 18.3. The van der Waals surface area contributed by atoms with E-state index in [-0.39, 0.29) is 0 Å². The molecular weight excluding hydrogens is 332 g/mol. The summed E-state index contributed by atoms with van der Waals surface area (Å²) in [6.45, 7) is 2.47. The zero-order chi connectivity index (χ0) is 17.6. The maximum atomic E-state index is 8.89. The third-order valence-corrected chi connectivity index (χ3v) is 4.78. The van der Waals surface area contributed by atoms with Crippen LogP contribution >= 0.6 is 11.8 Å². The summed E-state index contributed by atoms with van der Waals surface area (Å²) in [6, 6.07) is 17.9. The number of rotatable bonds is 6. The molecule has 0 atom stereocenters. The van der Waals surface area contributed by atoms with Gasteiger partial charge >= 0.3 is 0 Å². The standard InChI is InChI=1S/C19H18N4OS/c1-14-5-3-4-6-17(14)23-18(12-24-2)21-22-19(23)25-13-16-9-7-15(11-20)8-10-16/h3-10H,12-13H2,1-2H3. The van der Waals surface area contributed by atoms with Crippen molar-refractivity contribution in [2.24, 2.45) is 0 Å². The molecule has 5 nitrogen and oxygen atoms in total. The lowest BCUT2D eigenvalue weighted by Crippen LogP contribution is -2.05. The van der Waals surface area contributed by atoms with Gasteiger partial charge in [0.2, 0.25) is 0 Å². The molecule has 0 unspecified atom stereocenters. The lowest BCUT2D eigenvalue weighted by molar-refractivity contribution is 0.176. The molecule has 126 valence electrons. The SMILES string of the molecule is COCc1nnc(SCc2ccc(C#N)cc2)n1-c1ccccc1C. The van der Waals surface area contributed by atoms with Gasteiger partial charge in [-0.25, -0.2) is 0 Å². The summed E-state index contributed by atoms with van der Waals surface area (Å²) in [4.78, 5) is 0. The number of ether oxygens (including phenoxy) is 1. The first kappa shape index (κ1) is 17.2. The molecule has 25 heavy (non-hydrogen) atoms. The predicted octanol–water partition coefficient (Wildman–Crippen LogP) is 3.89. The van der Waals surface area contributed by atoms with Crippen LogP contribution in [0.2, 0.25) is 0 Å². The Hall–Kier alpha value is -2.62. The van der Waals surface area contributed by atoms with Crippen LogP contribution in [-0.4, -0.2) is 21.9 Å². The Labute approximate surface area is 151 Å². The van der Waals surface area contributed by atoms with Crippen molar-refractivity contribution in [3.05, 3.63) is 71.0 Å². The minimum atomic E-state index is 0.402. The van der Waals surface area contributed by atoms with Gasteiger partial charge in [-0.3, -0.25) is 4.57 Å². The minimum Gasteiger partial charge on any atom is -0.377 e. The van der Waals surface area contributed by atoms with Gasteiger partial charge in [-0.1, -0.05) is 42.1 Å². The van der Waals surface area contributed by atoms with Gasteiger partial charge in [-0.05, 0) is 36.2 Å². The number of methoxy groups -OCH3 is 1. The maximum absolute atomic E-state index is 8.89. The van der Waals surface area contributed by atoms with Crippen molar-refractivity contribution in [3.63, 3.8) is 0 Å². The molecule has 2 aromatic carbocycles. The molecule has 0 radical (unpaired) electrons. The average molecular weight is 350 g/mol. The molecule has 0 aliphatic rings. The van der Waals surface area contributed by atoms with Crippen LogP contribution in [-0.2, 0) is 17.1 Å². The number of nitriles is 1. The monoisotopic (exact) mass is 350 g/mol. The molecule has 0 saturated heterocycles. The van der Waals surface area contributed by atoms with E-state index in [1.807, 2.05) is 41.0 Å². The molecule has 0 spiro atoms. The second-order valence-electron chi connectivity index (χ2n) is 5.55. The molecule has 1 aromatic heterocycles. The van der Waals surface area contributed by atoms with E-state index >= 15 is 0 Å². The van der Waals surface area contributed by atoms with Crippen molar-refractivity contribution in [2.75, 3.05) is 7.11 Å². The molecule has 6 heteroatoms. The zero-order valence-electron chi connectivity index (χ0n) is 14.1. The van der Waals surface area contributed by atoms with Crippen molar-refractivity contribution >= 4 is 11.8 Å². The Balaban J connectivity index is 1.88. The fraction of sp³-hybridized carbons (Fsp3) is 0.211. The summed E-state index contributed by atoms with van der Waals surface area (Å²) < 4.78 is 7.32. The Bertz CT molecular complexity index is 897. The average Bonchev–Trinajstić information content (AvgIpc) is 3.03. The van der Waals surface area contributed by atoms with E-state index in [0.717, 1.165) is 33.5 Å². The maximum Gasteiger partial charge on any atom is 0.196 e. The number of para-hydroxylation sites is 1. The quantitative estimate of drug-likeness (QED) is 0.631. The number of nitrogens with zero attached hydrogens (tertiary/aromatic N) is 4. The Kier molecular flexibility index (Phi) is 5.49. The Morgan fingerprint density at radius 2 is 1.88 bits per heavy atom. The van der Waals surface area contributed by atoms with Crippen LogP contribution in [0, 0.1) is 18.3 Å². The highest BCUT2D eigenvalue weighted by molar-refractivity contribution is 7.98. The van der Waals surface area contributed by atoms with Gasteiger partial charge < -0.3 is 4.74 Å². The lowest BCUT2D eigenvalue weighted by atomic mass is 10.2. The van der Waals surface area contributed by atoms with Gasteiger partial charge in [0, 0.05) is 12.9 Å². The van der Waals surface area contributed by atoms with Crippen LogP contribution in [0.3, 0.4) is 0 Å². The van der Waals surface area contributed by atoms with Gasteiger partial charge in [0.1, 0.15) is 6.61 Å². The number of benzene rings is 2. The largest absolute Gasteiger partial charge is 0.377 e. The van der Waals surface area contributed by atoms with Crippen LogP contribution in [0.4, 0.5) is 0 Å². The number of aromatic nitrogens is 3. The molecule has 0 aliphatic heterocycles. The third-order valence-electron chi connectivity index (χ3n) is 3.78. The molecule has 0 N–H and O–H groups in total. The molecule has 3 aromatic rings. The summed E-state index contributed by atoms with van der Waals surface area (Å²) in [6.07, 6.45) is 0. The van der Waals surface area contributed by atoms with Crippen LogP contribution in [0.5, 0.6) is 0 Å². The van der Waals surface area contributed by atoms with Gasteiger partial charge in [0.25, 0.3) is 0 Å². The van der Waals surface area contributed by atoms with Crippen molar-refractivity contribution in [1.29, 1.82) is 5.26 Å². The molecule has 3 rings (SSSR count). The number of thioether (sulfide) groups is 1. The fourth-order valence-electron chi connectivity index (χ4n) is 2.50. The zero-order valence-corrected chi connectivity index (χ0v) is 15.0.